The van der Waals surface area contributed by atoms with Crippen LogP contribution in [0, 0.1) is 5.92 Å². The fraction of sp³-hybridized carbons (Fsp3) is 1.00. The van der Waals surface area contributed by atoms with E-state index in [2.05, 4.69) is 12.3 Å². The lowest BCUT2D eigenvalue weighted by Crippen LogP contribution is -2.39. The highest BCUT2D eigenvalue weighted by atomic mass is 16.5. The summed E-state index contributed by atoms with van der Waals surface area (Å²) in [5.74, 6) is 0.641. The second kappa shape index (κ2) is 7.22. The van der Waals surface area contributed by atoms with Gasteiger partial charge in [-0.05, 0) is 18.8 Å². The average Bonchev–Trinajstić information content (AvgIpc) is 2.25. The standard InChI is InChI=1S/C12H26N2O2/c1-10-6-4-5-7-12(10)16-9-11(15)8-13-14(2)3/h10-13,15H,4-9H2,1-3H3. The first-order chi connectivity index (χ1) is 7.59. The molecule has 0 amide bonds. The Kier molecular flexibility index (Phi) is 6.28. The van der Waals surface area contributed by atoms with Crippen molar-refractivity contribution >= 4 is 0 Å². The lowest BCUT2D eigenvalue weighted by molar-refractivity contribution is -0.0479. The molecular formula is C12H26N2O2. The van der Waals surface area contributed by atoms with E-state index in [0.29, 0.717) is 25.2 Å². The van der Waals surface area contributed by atoms with Crippen LogP contribution in [0.4, 0.5) is 0 Å². The van der Waals surface area contributed by atoms with Crippen molar-refractivity contribution in [2.75, 3.05) is 27.2 Å². The molecule has 1 saturated carbocycles. The molecule has 1 fully saturated rings. The fourth-order valence-electron chi connectivity index (χ4n) is 2.11. The Balaban J connectivity index is 2.12. The zero-order chi connectivity index (χ0) is 12.0. The van der Waals surface area contributed by atoms with Gasteiger partial charge in [0.15, 0.2) is 0 Å². The van der Waals surface area contributed by atoms with Crippen LogP contribution < -0.4 is 5.43 Å². The van der Waals surface area contributed by atoms with Gasteiger partial charge in [0.25, 0.3) is 0 Å². The normalized spacial score (nSPS) is 28.3. The van der Waals surface area contributed by atoms with Crippen molar-refractivity contribution in [3.63, 3.8) is 0 Å². The Bertz CT molecular complexity index is 188. The van der Waals surface area contributed by atoms with Crippen LogP contribution in [-0.4, -0.2) is 49.6 Å². The van der Waals surface area contributed by atoms with E-state index in [0.717, 1.165) is 6.42 Å². The fourth-order valence-corrected chi connectivity index (χ4v) is 2.11. The number of ether oxygens (including phenoxy) is 1. The Hall–Kier alpha value is -0.160. The minimum Gasteiger partial charge on any atom is -0.389 e. The van der Waals surface area contributed by atoms with E-state index in [-0.39, 0.29) is 0 Å². The molecule has 4 heteroatoms. The minimum atomic E-state index is -0.420. The van der Waals surface area contributed by atoms with Gasteiger partial charge in [0.2, 0.25) is 0 Å². The molecule has 1 rings (SSSR count). The summed E-state index contributed by atoms with van der Waals surface area (Å²) in [5, 5.41) is 11.5. The molecule has 96 valence electrons. The molecule has 3 unspecified atom stereocenters. The second-order valence-electron chi connectivity index (χ2n) is 5.04. The molecule has 3 atom stereocenters. The van der Waals surface area contributed by atoms with Crippen LogP contribution in [0.25, 0.3) is 0 Å². The van der Waals surface area contributed by atoms with Crippen molar-refractivity contribution in [1.29, 1.82) is 0 Å². The van der Waals surface area contributed by atoms with Gasteiger partial charge in [-0.2, -0.15) is 0 Å². The van der Waals surface area contributed by atoms with Gasteiger partial charge < -0.3 is 9.84 Å². The highest BCUT2D eigenvalue weighted by Gasteiger charge is 2.22. The number of hydrogen-bond acceptors (Lipinski definition) is 4. The summed E-state index contributed by atoms with van der Waals surface area (Å²) in [6.07, 6.45) is 4.93. The highest BCUT2D eigenvalue weighted by molar-refractivity contribution is 4.73. The van der Waals surface area contributed by atoms with E-state index in [1.807, 2.05) is 19.1 Å². The maximum absolute atomic E-state index is 9.70. The number of hydrazine groups is 1. The predicted octanol–water partition coefficient (Wildman–Crippen LogP) is 1.01. The Morgan fingerprint density at radius 3 is 2.69 bits per heavy atom. The topological polar surface area (TPSA) is 44.7 Å². The summed E-state index contributed by atoms with van der Waals surface area (Å²) in [6, 6.07) is 0. The number of aliphatic hydroxyl groups excluding tert-OH is 1. The Morgan fingerprint density at radius 2 is 2.06 bits per heavy atom. The maximum atomic E-state index is 9.70. The summed E-state index contributed by atoms with van der Waals surface area (Å²) in [7, 11) is 3.83. The van der Waals surface area contributed by atoms with Crippen molar-refractivity contribution < 1.29 is 9.84 Å². The van der Waals surface area contributed by atoms with Gasteiger partial charge in [-0.25, -0.2) is 0 Å². The highest BCUT2D eigenvalue weighted by Crippen LogP contribution is 2.26. The average molecular weight is 230 g/mol. The zero-order valence-electron chi connectivity index (χ0n) is 10.8. The first-order valence-electron chi connectivity index (χ1n) is 6.30. The van der Waals surface area contributed by atoms with Crippen LogP contribution in [0.2, 0.25) is 0 Å². The molecule has 0 aliphatic heterocycles. The van der Waals surface area contributed by atoms with Crippen molar-refractivity contribution in [3.8, 4) is 0 Å². The van der Waals surface area contributed by atoms with Crippen LogP contribution in [-0.2, 0) is 4.74 Å². The van der Waals surface area contributed by atoms with Crippen molar-refractivity contribution in [1.82, 2.24) is 10.4 Å². The van der Waals surface area contributed by atoms with Gasteiger partial charge in [0.1, 0.15) is 0 Å². The quantitative estimate of drug-likeness (QED) is 0.668. The summed E-state index contributed by atoms with van der Waals surface area (Å²) < 4.78 is 5.78. The Labute approximate surface area is 98.9 Å². The molecule has 0 aromatic carbocycles. The SMILES string of the molecule is CC1CCCCC1OCC(O)CNN(C)C. The van der Waals surface area contributed by atoms with Crippen LogP contribution in [0.5, 0.6) is 0 Å². The molecule has 0 aromatic rings. The molecule has 0 spiro atoms. The summed E-state index contributed by atoms with van der Waals surface area (Å²) in [4.78, 5) is 0. The van der Waals surface area contributed by atoms with Gasteiger partial charge in [0.05, 0.1) is 18.8 Å². The summed E-state index contributed by atoms with van der Waals surface area (Å²) >= 11 is 0. The van der Waals surface area contributed by atoms with E-state index in [1.54, 1.807) is 0 Å². The van der Waals surface area contributed by atoms with E-state index in [9.17, 15) is 5.11 Å². The molecule has 1 aliphatic carbocycles. The molecule has 2 N–H and O–H groups in total. The molecule has 0 radical (unpaired) electrons. The van der Waals surface area contributed by atoms with Gasteiger partial charge in [-0.3, -0.25) is 10.4 Å². The van der Waals surface area contributed by atoms with Crippen molar-refractivity contribution in [3.05, 3.63) is 0 Å². The third-order valence-electron chi connectivity index (χ3n) is 3.18. The van der Waals surface area contributed by atoms with Gasteiger partial charge in [-0.15, -0.1) is 0 Å². The summed E-state index contributed by atoms with van der Waals surface area (Å²) in [5.41, 5.74) is 3.05. The van der Waals surface area contributed by atoms with E-state index >= 15 is 0 Å². The lowest BCUT2D eigenvalue weighted by Gasteiger charge is -2.29. The molecular weight excluding hydrogens is 204 g/mol. The first-order valence-corrected chi connectivity index (χ1v) is 6.30. The number of rotatable bonds is 6. The summed E-state index contributed by atoms with van der Waals surface area (Å²) in [6.45, 7) is 3.23. The van der Waals surface area contributed by atoms with E-state index < -0.39 is 6.10 Å². The van der Waals surface area contributed by atoms with Crippen LogP contribution in [0.1, 0.15) is 32.6 Å². The number of hydrogen-bond donors (Lipinski definition) is 2. The van der Waals surface area contributed by atoms with Crippen LogP contribution in [0.3, 0.4) is 0 Å². The second-order valence-corrected chi connectivity index (χ2v) is 5.04. The third-order valence-corrected chi connectivity index (χ3v) is 3.18. The molecule has 4 nitrogen and oxygen atoms in total. The van der Waals surface area contributed by atoms with E-state index in [4.69, 9.17) is 4.74 Å². The number of nitrogens with one attached hydrogen (secondary N) is 1. The van der Waals surface area contributed by atoms with Crippen LogP contribution >= 0.6 is 0 Å². The molecule has 0 saturated heterocycles. The minimum absolute atomic E-state index is 0.350. The molecule has 1 aliphatic rings. The van der Waals surface area contributed by atoms with Crippen molar-refractivity contribution in [2.24, 2.45) is 5.92 Å². The number of nitrogens with zero attached hydrogens (tertiary/aromatic N) is 1. The van der Waals surface area contributed by atoms with Crippen molar-refractivity contribution in [2.45, 2.75) is 44.8 Å². The Morgan fingerprint density at radius 1 is 1.38 bits per heavy atom. The van der Waals surface area contributed by atoms with Gasteiger partial charge in [0, 0.05) is 20.6 Å². The monoisotopic (exact) mass is 230 g/mol. The maximum Gasteiger partial charge on any atom is 0.0911 e. The van der Waals surface area contributed by atoms with Gasteiger partial charge in [-0.1, -0.05) is 19.8 Å². The largest absolute Gasteiger partial charge is 0.389 e. The number of aliphatic hydroxyl groups is 1. The predicted molar refractivity (Wildman–Crippen MR) is 65.1 cm³/mol. The third kappa shape index (κ3) is 5.25. The van der Waals surface area contributed by atoms with Crippen LogP contribution in [0.15, 0.2) is 0 Å². The molecule has 0 aromatic heterocycles. The zero-order valence-corrected chi connectivity index (χ0v) is 10.8. The molecule has 0 heterocycles. The smallest absolute Gasteiger partial charge is 0.0911 e. The first kappa shape index (κ1) is 13.9. The molecule has 0 bridgehead atoms. The lowest BCUT2D eigenvalue weighted by atomic mass is 9.88. The molecule has 16 heavy (non-hydrogen) atoms. The van der Waals surface area contributed by atoms with Gasteiger partial charge >= 0.3 is 0 Å². The van der Waals surface area contributed by atoms with E-state index in [1.165, 1.54) is 19.3 Å².